The number of halogens is 3. The highest BCUT2D eigenvalue weighted by atomic mass is 79.9. The summed E-state index contributed by atoms with van der Waals surface area (Å²) in [5.74, 6) is -1.79. The smallest absolute Gasteiger partial charge is 0.256 e. The summed E-state index contributed by atoms with van der Waals surface area (Å²) in [7, 11) is 0. The Morgan fingerprint density at radius 3 is 2.71 bits per heavy atom. The molecule has 1 saturated heterocycles. The van der Waals surface area contributed by atoms with Crippen molar-refractivity contribution < 1.29 is 13.6 Å². The van der Waals surface area contributed by atoms with Gasteiger partial charge in [0.1, 0.15) is 11.6 Å². The van der Waals surface area contributed by atoms with Gasteiger partial charge in [0.15, 0.2) is 0 Å². The zero-order chi connectivity index (χ0) is 12.6. The molecular formula is C12H12BrF2NO. The Morgan fingerprint density at radius 2 is 2.12 bits per heavy atom. The highest BCUT2D eigenvalue weighted by Gasteiger charge is 2.27. The molecule has 0 bridgehead atoms. The Balaban J connectivity index is 2.28. The van der Waals surface area contributed by atoms with E-state index in [2.05, 4.69) is 15.9 Å². The number of benzene rings is 1. The van der Waals surface area contributed by atoms with E-state index in [0.29, 0.717) is 13.1 Å². The molecule has 5 heteroatoms. The molecule has 0 aromatic heterocycles. The molecule has 1 aliphatic rings. The molecule has 0 spiro atoms. The first-order valence-corrected chi connectivity index (χ1v) is 6.29. The third-order valence-corrected chi connectivity index (χ3v) is 3.64. The average Bonchev–Trinajstić information content (AvgIpc) is 2.69. The summed E-state index contributed by atoms with van der Waals surface area (Å²) in [6.45, 7) is 2.68. The van der Waals surface area contributed by atoms with E-state index in [0.717, 1.165) is 12.5 Å². The van der Waals surface area contributed by atoms with E-state index in [1.54, 1.807) is 4.90 Å². The van der Waals surface area contributed by atoms with Crippen LogP contribution in [0.1, 0.15) is 22.3 Å². The number of hydrogen-bond donors (Lipinski definition) is 0. The summed E-state index contributed by atoms with van der Waals surface area (Å²) >= 11 is 3.42. The van der Waals surface area contributed by atoms with E-state index in [4.69, 9.17) is 0 Å². The fraction of sp³-hybridized carbons (Fsp3) is 0.417. The number of alkyl halides is 1. The number of hydrogen-bond acceptors (Lipinski definition) is 1. The standard InChI is InChI=1S/C12H12BrF2NO/c1-7-4-9(11(15)5-10(7)14)12(17)16-3-2-8(13)6-16/h4-5,8H,2-3,6H2,1H3. The molecule has 1 aliphatic heterocycles. The Kier molecular flexibility index (Phi) is 3.47. The predicted octanol–water partition coefficient (Wildman–Crippen LogP) is 2.88. The summed E-state index contributed by atoms with van der Waals surface area (Å²) in [5.41, 5.74) is 0.231. The summed E-state index contributed by atoms with van der Waals surface area (Å²) in [6, 6.07) is 2.04. The van der Waals surface area contributed by atoms with Crippen LogP contribution in [0.3, 0.4) is 0 Å². The first-order valence-electron chi connectivity index (χ1n) is 5.38. The van der Waals surface area contributed by atoms with Crippen LogP contribution in [0.25, 0.3) is 0 Å². The van der Waals surface area contributed by atoms with Crippen molar-refractivity contribution in [3.05, 3.63) is 34.9 Å². The molecule has 1 fully saturated rings. The van der Waals surface area contributed by atoms with Crippen LogP contribution < -0.4 is 0 Å². The van der Waals surface area contributed by atoms with Crippen molar-refractivity contribution >= 4 is 21.8 Å². The number of aryl methyl sites for hydroxylation is 1. The third-order valence-electron chi connectivity index (χ3n) is 2.90. The molecule has 1 aromatic carbocycles. The molecule has 0 saturated carbocycles. The van der Waals surface area contributed by atoms with Crippen LogP contribution in [0, 0.1) is 18.6 Å². The molecule has 1 unspecified atom stereocenters. The van der Waals surface area contributed by atoms with Gasteiger partial charge in [-0.25, -0.2) is 8.78 Å². The molecule has 2 rings (SSSR count). The Labute approximate surface area is 107 Å². The molecule has 92 valence electrons. The summed E-state index contributed by atoms with van der Waals surface area (Å²) in [5, 5.41) is 0. The molecule has 17 heavy (non-hydrogen) atoms. The second-order valence-electron chi connectivity index (χ2n) is 4.22. The second kappa shape index (κ2) is 4.72. The number of rotatable bonds is 1. The first-order chi connectivity index (χ1) is 7.99. The molecule has 1 amide bonds. The lowest BCUT2D eigenvalue weighted by Crippen LogP contribution is -2.29. The van der Waals surface area contributed by atoms with E-state index in [1.807, 2.05) is 0 Å². The van der Waals surface area contributed by atoms with Gasteiger partial charge in [-0.1, -0.05) is 15.9 Å². The van der Waals surface area contributed by atoms with Crippen LogP contribution in [0.2, 0.25) is 0 Å². The molecule has 0 radical (unpaired) electrons. The predicted molar refractivity (Wildman–Crippen MR) is 64.3 cm³/mol. The lowest BCUT2D eigenvalue weighted by Gasteiger charge is -2.16. The van der Waals surface area contributed by atoms with Crippen molar-refractivity contribution in [1.29, 1.82) is 0 Å². The van der Waals surface area contributed by atoms with Crippen LogP contribution >= 0.6 is 15.9 Å². The molecule has 1 aromatic rings. The van der Waals surface area contributed by atoms with Crippen molar-refractivity contribution in [3.63, 3.8) is 0 Å². The molecular weight excluding hydrogens is 292 g/mol. The summed E-state index contributed by atoms with van der Waals surface area (Å²) in [4.78, 5) is 13.9. The normalized spacial score (nSPS) is 19.8. The van der Waals surface area contributed by atoms with Crippen molar-refractivity contribution in [3.8, 4) is 0 Å². The number of likely N-dealkylation sites (tertiary alicyclic amines) is 1. The van der Waals surface area contributed by atoms with Gasteiger partial charge >= 0.3 is 0 Å². The van der Waals surface area contributed by atoms with Gasteiger partial charge in [-0.3, -0.25) is 4.79 Å². The minimum atomic E-state index is -0.795. The van der Waals surface area contributed by atoms with Crippen LogP contribution in [-0.4, -0.2) is 28.7 Å². The minimum Gasteiger partial charge on any atom is -0.337 e. The molecule has 0 aliphatic carbocycles. The summed E-state index contributed by atoms with van der Waals surface area (Å²) in [6.07, 6.45) is 0.855. The Bertz CT molecular complexity index is 464. The topological polar surface area (TPSA) is 20.3 Å². The molecule has 1 atom stereocenters. The minimum absolute atomic E-state index is 0.0505. The van der Waals surface area contributed by atoms with Crippen molar-refractivity contribution in [2.75, 3.05) is 13.1 Å². The largest absolute Gasteiger partial charge is 0.337 e. The monoisotopic (exact) mass is 303 g/mol. The Morgan fingerprint density at radius 1 is 1.41 bits per heavy atom. The van der Waals surface area contributed by atoms with Gasteiger partial charge in [-0.15, -0.1) is 0 Å². The maximum absolute atomic E-state index is 13.5. The third kappa shape index (κ3) is 2.49. The Hall–Kier alpha value is -0.970. The van der Waals surface area contributed by atoms with E-state index in [-0.39, 0.29) is 21.9 Å². The summed E-state index contributed by atoms with van der Waals surface area (Å²) < 4.78 is 26.6. The molecule has 2 nitrogen and oxygen atoms in total. The van der Waals surface area contributed by atoms with E-state index >= 15 is 0 Å². The maximum atomic E-state index is 13.5. The zero-order valence-electron chi connectivity index (χ0n) is 9.34. The van der Waals surface area contributed by atoms with E-state index in [9.17, 15) is 13.6 Å². The lowest BCUT2D eigenvalue weighted by atomic mass is 10.1. The van der Waals surface area contributed by atoms with Gasteiger partial charge in [0.25, 0.3) is 5.91 Å². The SMILES string of the molecule is Cc1cc(C(=O)N2CCC(Br)C2)c(F)cc1F. The highest BCUT2D eigenvalue weighted by molar-refractivity contribution is 9.09. The van der Waals surface area contributed by atoms with E-state index < -0.39 is 11.6 Å². The van der Waals surface area contributed by atoms with E-state index in [1.165, 1.54) is 13.0 Å². The fourth-order valence-corrected chi connectivity index (χ4v) is 2.45. The van der Waals surface area contributed by atoms with Gasteiger partial charge in [0, 0.05) is 24.0 Å². The van der Waals surface area contributed by atoms with Crippen molar-refractivity contribution in [2.45, 2.75) is 18.2 Å². The average molecular weight is 304 g/mol. The van der Waals surface area contributed by atoms with Crippen molar-refractivity contribution in [2.24, 2.45) is 0 Å². The fourth-order valence-electron chi connectivity index (χ4n) is 1.89. The molecule has 0 N–H and O–H groups in total. The van der Waals surface area contributed by atoms with Crippen LogP contribution in [0.4, 0.5) is 8.78 Å². The van der Waals surface area contributed by atoms with Gasteiger partial charge in [-0.05, 0) is 25.0 Å². The maximum Gasteiger partial charge on any atom is 0.256 e. The number of nitrogens with zero attached hydrogens (tertiary/aromatic N) is 1. The quantitative estimate of drug-likeness (QED) is 0.731. The van der Waals surface area contributed by atoms with Gasteiger partial charge in [-0.2, -0.15) is 0 Å². The number of carbonyl (C=O) groups excluding carboxylic acids is 1. The van der Waals surface area contributed by atoms with Gasteiger partial charge in [0.05, 0.1) is 5.56 Å². The van der Waals surface area contributed by atoms with Crippen LogP contribution in [0.15, 0.2) is 12.1 Å². The molecule has 1 heterocycles. The zero-order valence-corrected chi connectivity index (χ0v) is 10.9. The first kappa shape index (κ1) is 12.5. The van der Waals surface area contributed by atoms with Crippen LogP contribution in [-0.2, 0) is 0 Å². The van der Waals surface area contributed by atoms with Crippen molar-refractivity contribution in [1.82, 2.24) is 4.90 Å². The van der Waals surface area contributed by atoms with Crippen LogP contribution in [0.5, 0.6) is 0 Å². The lowest BCUT2D eigenvalue weighted by molar-refractivity contribution is 0.0788. The second-order valence-corrected chi connectivity index (χ2v) is 5.51. The number of carbonyl (C=O) groups is 1. The van der Waals surface area contributed by atoms with Gasteiger partial charge < -0.3 is 4.90 Å². The highest BCUT2D eigenvalue weighted by Crippen LogP contribution is 2.21. The number of amides is 1. The van der Waals surface area contributed by atoms with Gasteiger partial charge in [0.2, 0.25) is 0 Å².